The van der Waals surface area contributed by atoms with E-state index in [9.17, 15) is 4.79 Å². The Hall–Kier alpha value is -2.55. The fourth-order valence-electron chi connectivity index (χ4n) is 2.47. The van der Waals surface area contributed by atoms with Crippen molar-refractivity contribution < 1.29 is 9.53 Å². The number of hydrogen-bond donors (Lipinski definition) is 0. The maximum Gasteiger partial charge on any atom is 0.202 e. The highest BCUT2D eigenvalue weighted by atomic mass is 16.5. The molecule has 0 amide bonds. The third-order valence-corrected chi connectivity index (χ3v) is 3.54. The van der Waals surface area contributed by atoms with E-state index in [2.05, 4.69) is 11.5 Å². The van der Waals surface area contributed by atoms with Gasteiger partial charge in [-0.25, -0.2) is 0 Å². The number of carbonyl (C=O) groups excluding carboxylic acids is 1. The van der Waals surface area contributed by atoms with Crippen molar-refractivity contribution in [2.45, 2.75) is 13.5 Å². The number of benzene rings is 2. The molecule has 1 heterocycles. The molecule has 3 heteroatoms. The molecule has 106 valence electrons. The number of hydrogen-bond acceptors (Lipinski definition) is 2. The summed E-state index contributed by atoms with van der Waals surface area (Å²) < 4.78 is 7.64. The van der Waals surface area contributed by atoms with Crippen molar-refractivity contribution in [2.24, 2.45) is 0 Å². The Labute approximate surface area is 123 Å². The molecule has 2 aromatic carbocycles. The van der Waals surface area contributed by atoms with Gasteiger partial charge in [0.1, 0.15) is 5.75 Å². The minimum Gasteiger partial charge on any atom is -0.485 e. The van der Waals surface area contributed by atoms with Crippen LogP contribution >= 0.6 is 0 Å². The molecule has 0 fully saturated rings. The van der Waals surface area contributed by atoms with Crippen LogP contribution in [-0.2, 0) is 6.54 Å². The van der Waals surface area contributed by atoms with Crippen molar-refractivity contribution in [2.75, 3.05) is 6.61 Å². The molecule has 3 aromatic rings. The van der Waals surface area contributed by atoms with Crippen LogP contribution in [0.1, 0.15) is 17.3 Å². The number of ketones is 1. The van der Waals surface area contributed by atoms with Gasteiger partial charge in [-0.05, 0) is 25.1 Å². The van der Waals surface area contributed by atoms with Crippen LogP contribution in [0.4, 0.5) is 0 Å². The van der Waals surface area contributed by atoms with Gasteiger partial charge < -0.3 is 9.30 Å². The maximum atomic E-state index is 12.4. The van der Waals surface area contributed by atoms with Crippen LogP contribution in [0.2, 0.25) is 0 Å². The third-order valence-electron chi connectivity index (χ3n) is 3.54. The van der Waals surface area contributed by atoms with E-state index in [1.165, 1.54) is 0 Å². The highest BCUT2D eigenvalue weighted by Gasteiger charge is 2.14. The zero-order valence-corrected chi connectivity index (χ0v) is 12.0. The number of carbonyl (C=O) groups is 1. The van der Waals surface area contributed by atoms with Gasteiger partial charge in [0.15, 0.2) is 6.61 Å². The average Bonchev–Trinajstić information content (AvgIpc) is 2.92. The molecule has 0 radical (unpaired) electrons. The van der Waals surface area contributed by atoms with Crippen LogP contribution in [0.5, 0.6) is 5.75 Å². The van der Waals surface area contributed by atoms with Crippen molar-refractivity contribution in [3.8, 4) is 5.75 Å². The van der Waals surface area contributed by atoms with Gasteiger partial charge in [-0.1, -0.05) is 36.4 Å². The molecular formula is C18H17NO2. The third kappa shape index (κ3) is 2.68. The van der Waals surface area contributed by atoms with Gasteiger partial charge >= 0.3 is 0 Å². The second-order valence-corrected chi connectivity index (χ2v) is 4.87. The van der Waals surface area contributed by atoms with Gasteiger partial charge in [0.05, 0.1) is 0 Å². The van der Waals surface area contributed by atoms with Crippen LogP contribution in [0.15, 0.2) is 60.8 Å². The quantitative estimate of drug-likeness (QED) is 0.663. The van der Waals surface area contributed by atoms with Crippen LogP contribution in [0.25, 0.3) is 10.9 Å². The molecule has 1 aromatic heterocycles. The lowest BCUT2D eigenvalue weighted by Gasteiger charge is -2.04. The minimum atomic E-state index is 0.00209. The highest BCUT2D eigenvalue weighted by Crippen LogP contribution is 2.22. The predicted octanol–water partition coefficient (Wildman–Crippen LogP) is 3.92. The Morgan fingerprint density at radius 3 is 2.52 bits per heavy atom. The monoisotopic (exact) mass is 279 g/mol. The summed E-state index contributed by atoms with van der Waals surface area (Å²) in [6.45, 7) is 2.97. The number of rotatable bonds is 5. The Morgan fingerprint density at radius 1 is 1.05 bits per heavy atom. The summed E-state index contributed by atoms with van der Waals surface area (Å²) in [6.07, 6.45) is 1.92. The summed E-state index contributed by atoms with van der Waals surface area (Å²) in [5.74, 6) is 0.715. The first-order valence-electron chi connectivity index (χ1n) is 7.08. The van der Waals surface area contributed by atoms with Crippen LogP contribution < -0.4 is 4.74 Å². The zero-order chi connectivity index (χ0) is 14.7. The first-order valence-corrected chi connectivity index (χ1v) is 7.08. The van der Waals surface area contributed by atoms with E-state index in [0.717, 1.165) is 23.0 Å². The van der Waals surface area contributed by atoms with Crippen molar-refractivity contribution in [3.63, 3.8) is 0 Å². The van der Waals surface area contributed by atoms with E-state index in [1.54, 1.807) is 0 Å². The molecule has 0 saturated heterocycles. The number of ether oxygens (including phenoxy) is 1. The van der Waals surface area contributed by atoms with Crippen molar-refractivity contribution >= 4 is 16.7 Å². The lowest BCUT2D eigenvalue weighted by molar-refractivity contribution is 0.0923. The molecule has 0 aliphatic heterocycles. The molecule has 0 saturated carbocycles. The number of fused-ring (bicyclic) bond motifs is 1. The number of para-hydroxylation sites is 2. The SMILES string of the molecule is CCn1cc(C(=O)COc2ccccc2)c2ccccc21. The van der Waals surface area contributed by atoms with Crippen LogP contribution in [0, 0.1) is 0 Å². The lowest BCUT2D eigenvalue weighted by Crippen LogP contribution is -2.11. The van der Waals surface area contributed by atoms with Gasteiger partial charge in [0.25, 0.3) is 0 Å². The van der Waals surface area contributed by atoms with Crippen molar-refractivity contribution in [1.29, 1.82) is 0 Å². The summed E-state index contributed by atoms with van der Waals surface area (Å²) in [5.41, 5.74) is 1.81. The molecule has 0 unspecified atom stereocenters. The Kier molecular flexibility index (Phi) is 3.73. The second kappa shape index (κ2) is 5.83. The van der Waals surface area contributed by atoms with E-state index >= 15 is 0 Å². The number of aromatic nitrogens is 1. The Balaban J connectivity index is 1.85. The minimum absolute atomic E-state index is 0.00209. The normalized spacial score (nSPS) is 10.7. The fraction of sp³-hybridized carbons (Fsp3) is 0.167. The molecule has 0 aliphatic carbocycles. The van der Waals surface area contributed by atoms with E-state index in [0.29, 0.717) is 5.75 Å². The zero-order valence-electron chi connectivity index (χ0n) is 12.0. The molecule has 3 nitrogen and oxygen atoms in total. The van der Waals surface area contributed by atoms with E-state index in [-0.39, 0.29) is 12.4 Å². The molecule has 21 heavy (non-hydrogen) atoms. The van der Waals surface area contributed by atoms with Gasteiger partial charge in [-0.2, -0.15) is 0 Å². The van der Waals surface area contributed by atoms with Crippen molar-refractivity contribution in [3.05, 3.63) is 66.4 Å². The predicted molar refractivity (Wildman–Crippen MR) is 83.9 cm³/mol. The largest absolute Gasteiger partial charge is 0.485 e. The van der Waals surface area contributed by atoms with Gasteiger partial charge in [0.2, 0.25) is 5.78 Å². The van der Waals surface area contributed by atoms with Gasteiger partial charge in [-0.3, -0.25) is 4.79 Å². The number of aryl methyl sites for hydroxylation is 1. The summed E-state index contributed by atoms with van der Waals surface area (Å²) >= 11 is 0. The Bertz CT molecular complexity index is 759. The van der Waals surface area contributed by atoms with Crippen LogP contribution in [0.3, 0.4) is 0 Å². The van der Waals surface area contributed by atoms with Crippen molar-refractivity contribution in [1.82, 2.24) is 4.57 Å². The standard InChI is InChI=1S/C18H17NO2/c1-2-19-12-16(15-10-6-7-11-17(15)19)18(20)13-21-14-8-4-3-5-9-14/h3-12H,2,13H2,1H3. The Morgan fingerprint density at radius 2 is 1.76 bits per heavy atom. The molecule has 0 N–H and O–H groups in total. The highest BCUT2D eigenvalue weighted by molar-refractivity contribution is 6.08. The van der Waals surface area contributed by atoms with E-state index < -0.39 is 0 Å². The van der Waals surface area contributed by atoms with Crippen LogP contribution in [-0.4, -0.2) is 17.0 Å². The summed E-state index contributed by atoms with van der Waals surface area (Å²) in [6, 6.07) is 17.4. The average molecular weight is 279 g/mol. The number of Topliss-reactive ketones (excluding diaryl/α,β-unsaturated/α-hetero) is 1. The van der Waals surface area contributed by atoms with Gasteiger partial charge in [-0.15, -0.1) is 0 Å². The number of nitrogens with zero attached hydrogens (tertiary/aromatic N) is 1. The maximum absolute atomic E-state index is 12.4. The molecular weight excluding hydrogens is 262 g/mol. The molecule has 0 bridgehead atoms. The van der Waals surface area contributed by atoms with Gasteiger partial charge in [0, 0.05) is 29.2 Å². The summed E-state index contributed by atoms with van der Waals surface area (Å²) in [4.78, 5) is 12.4. The first kappa shape index (κ1) is 13.4. The lowest BCUT2D eigenvalue weighted by atomic mass is 10.1. The molecule has 3 rings (SSSR count). The molecule has 0 spiro atoms. The topological polar surface area (TPSA) is 31.2 Å². The molecule has 0 atom stereocenters. The van der Waals surface area contributed by atoms with E-state index in [1.807, 2.05) is 60.8 Å². The second-order valence-electron chi connectivity index (χ2n) is 4.87. The first-order chi connectivity index (χ1) is 10.3. The van der Waals surface area contributed by atoms with E-state index in [4.69, 9.17) is 4.74 Å². The smallest absolute Gasteiger partial charge is 0.202 e. The molecule has 0 aliphatic rings. The fourth-order valence-corrected chi connectivity index (χ4v) is 2.47. The summed E-state index contributed by atoms with van der Waals surface area (Å²) in [5, 5.41) is 0.987. The summed E-state index contributed by atoms with van der Waals surface area (Å²) in [7, 11) is 0.